The second-order valence-electron chi connectivity index (χ2n) is 5.06. The van der Waals surface area contributed by atoms with Crippen molar-refractivity contribution in [1.82, 2.24) is 15.8 Å². The van der Waals surface area contributed by atoms with Crippen LogP contribution < -0.4 is 10.9 Å². The summed E-state index contributed by atoms with van der Waals surface area (Å²) >= 11 is 6.50. The van der Waals surface area contributed by atoms with Gasteiger partial charge < -0.3 is 4.90 Å². The molecule has 2 rings (SSSR count). The van der Waals surface area contributed by atoms with Crippen molar-refractivity contribution in [3.8, 4) is 0 Å². The molecule has 0 unspecified atom stereocenters. The van der Waals surface area contributed by atoms with Crippen molar-refractivity contribution in [3.05, 3.63) is 39.9 Å². The first-order chi connectivity index (χ1) is 11.5. The molecule has 1 aliphatic heterocycles. The molecule has 0 spiro atoms. The summed E-state index contributed by atoms with van der Waals surface area (Å²) in [5.41, 5.74) is 4.66. The largest absolute Gasteiger partial charge is 0.358 e. The van der Waals surface area contributed by atoms with E-state index in [1.807, 2.05) is 0 Å². The van der Waals surface area contributed by atoms with Crippen LogP contribution in [-0.2, 0) is 4.79 Å². The number of nitro groups is 1. The molecular formula is C14H16N4O4S2. The third kappa shape index (κ3) is 5.17. The molecule has 128 valence electrons. The van der Waals surface area contributed by atoms with E-state index in [-0.39, 0.29) is 22.9 Å². The Labute approximate surface area is 148 Å². The van der Waals surface area contributed by atoms with Crippen LogP contribution in [0.25, 0.3) is 0 Å². The number of hydrazine groups is 1. The van der Waals surface area contributed by atoms with Crippen LogP contribution in [0.1, 0.15) is 23.2 Å². The minimum Gasteiger partial charge on any atom is -0.358 e. The lowest BCUT2D eigenvalue weighted by Crippen LogP contribution is -2.42. The van der Waals surface area contributed by atoms with Crippen LogP contribution in [0, 0.1) is 10.1 Å². The normalized spacial score (nSPS) is 13.4. The van der Waals surface area contributed by atoms with Gasteiger partial charge in [-0.3, -0.25) is 30.6 Å². The number of likely N-dealkylation sites (tertiary alicyclic amines) is 1. The Morgan fingerprint density at radius 2 is 1.83 bits per heavy atom. The smallest absolute Gasteiger partial charge is 0.269 e. The van der Waals surface area contributed by atoms with Gasteiger partial charge in [0.05, 0.1) is 10.7 Å². The predicted octanol–water partition coefficient (Wildman–Crippen LogP) is 1.47. The van der Waals surface area contributed by atoms with E-state index >= 15 is 0 Å². The standard InChI is InChI=1S/C14H16N4O4S2/c19-12(9-24-14(23)17-7-1-2-8-17)15-16-13(20)10-3-5-11(6-4-10)18(21)22/h3-6H,1-2,7-9H2,(H,15,19)(H,16,20). The Morgan fingerprint density at radius 3 is 2.42 bits per heavy atom. The number of nitrogens with zero attached hydrogens (tertiary/aromatic N) is 2. The maximum absolute atomic E-state index is 11.8. The van der Waals surface area contributed by atoms with Crippen molar-refractivity contribution in [3.63, 3.8) is 0 Å². The molecule has 2 amide bonds. The molecule has 0 aromatic heterocycles. The summed E-state index contributed by atoms with van der Waals surface area (Å²) in [6, 6.07) is 5.08. The molecule has 1 heterocycles. The van der Waals surface area contributed by atoms with Gasteiger partial charge >= 0.3 is 0 Å². The van der Waals surface area contributed by atoms with E-state index in [4.69, 9.17) is 12.2 Å². The maximum Gasteiger partial charge on any atom is 0.269 e. The first-order valence-corrected chi connectivity index (χ1v) is 8.62. The highest BCUT2D eigenvalue weighted by molar-refractivity contribution is 8.23. The summed E-state index contributed by atoms with van der Waals surface area (Å²) < 4.78 is 0.685. The molecule has 24 heavy (non-hydrogen) atoms. The molecule has 1 fully saturated rings. The van der Waals surface area contributed by atoms with E-state index in [0.717, 1.165) is 25.9 Å². The fourth-order valence-corrected chi connectivity index (χ4v) is 3.14. The van der Waals surface area contributed by atoms with E-state index in [1.54, 1.807) is 0 Å². The van der Waals surface area contributed by atoms with Crippen LogP contribution >= 0.6 is 24.0 Å². The van der Waals surface area contributed by atoms with Gasteiger partial charge in [-0.05, 0) is 25.0 Å². The van der Waals surface area contributed by atoms with Gasteiger partial charge in [-0.1, -0.05) is 24.0 Å². The van der Waals surface area contributed by atoms with Crippen LogP contribution in [0.2, 0.25) is 0 Å². The number of rotatable bonds is 4. The van der Waals surface area contributed by atoms with Crippen LogP contribution in [-0.4, -0.2) is 44.8 Å². The highest BCUT2D eigenvalue weighted by Gasteiger charge is 2.16. The SMILES string of the molecule is O=C(CSC(=S)N1CCCC1)NNC(=O)c1ccc([N+](=O)[O-])cc1. The third-order valence-electron chi connectivity index (χ3n) is 3.35. The summed E-state index contributed by atoms with van der Waals surface area (Å²) in [6.45, 7) is 1.84. The van der Waals surface area contributed by atoms with Gasteiger partial charge in [0.25, 0.3) is 11.6 Å². The van der Waals surface area contributed by atoms with Crippen molar-refractivity contribution >= 4 is 45.8 Å². The molecule has 1 aromatic rings. The number of thiocarbonyl (C=S) groups is 1. The van der Waals surface area contributed by atoms with E-state index in [0.29, 0.717) is 4.32 Å². The van der Waals surface area contributed by atoms with Crippen molar-refractivity contribution in [2.75, 3.05) is 18.8 Å². The molecule has 1 saturated heterocycles. The van der Waals surface area contributed by atoms with Crippen molar-refractivity contribution in [2.45, 2.75) is 12.8 Å². The lowest BCUT2D eigenvalue weighted by Gasteiger charge is -2.17. The number of thioether (sulfide) groups is 1. The van der Waals surface area contributed by atoms with Crippen molar-refractivity contribution in [2.24, 2.45) is 0 Å². The van der Waals surface area contributed by atoms with E-state index in [9.17, 15) is 19.7 Å². The number of hydrogen-bond acceptors (Lipinski definition) is 6. The Hall–Kier alpha value is -2.20. The number of hydrogen-bond donors (Lipinski definition) is 2. The van der Waals surface area contributed by atoms with Crippen LogP contribution in [0.15, 0.2) is 24.3 Å². The number of nitrogens with one attached hydrogen (secondary N) is 2. The zero-order valence-electron chi connectivity index (χ0n) is 12.7. The summed E-state index contributed by atoms with van der Waals surface area (Å²) in [5, 5.41) is 10.6. The molecular weight excluding hydrogens is 352 g/mol. The third-order valence-corrected chi connectivity index (χ3v) is 4.87. The average molecular weight is 368 g/mol. The first-order valence-electron chi connectivity index (χ1n) is 7.22. The van der Waals surface area contributed by atoms with Crippen molar-refractivity contribution in [1.29, 1.82) is 0 Å². The molecule has 1 aromatic carbocycles. The quantitative estimate of drug-likeness (QED) is 0.471. The Bertz CT molecular complexity index is 645. The second-order valence-corrected chi connectivity index (χ2v) is 6.66. The molecule has 0 saturated carbocycles. The lowest BCUT2D eigenvalue weighted by atomic mass is 10.2. The second kappa shape index (κ2) is 8.60. The maximum atomic E-state index is 11.8. The minimum absolute atomic E-state index is 0.107. The van der Waals surface area contributed by atoms with Crippen LogP contribution in [0.5, 0.6) is 0 Å². The number of carbonyl (C=O) groups is 2. The number of non-ortho nitro benzene ring substituents is 1. The molecule has 8 nitrogen and oxygen atoms in total. The Balaban J connectivity index is 1.73. The minimum atomic E-state index is -0.552. The highest BCUT2D eigenvalue weighted by atomic mass is 32.2. The van der Waals surface area contributed by atoms with Gasteiger partial charge in [0.15, 0.2) is 0 Å². The van der Waals surface area contributed by atoms with Gasteiger partial charge in [0.2, 0.25) is 5.91 Å². The molecule has 0 bridgehead atoms. The molecule has 0 radical (unpaired) electrons. The summed E-state index contributed by atoms with van der Waals surface area (Å²) in [6.07, 6.45) is 2.22. The number of benzene rings is 1. The Morgan fingerprint density at radius 1 is 1.21 bits per heavy atom. The lowest BCUT2D eigenvalue weighted by molar-refractivity contribution is -0.384. The van der Waals surface area contributed by atoms with Crippen LogP contribution in [0.3, 0.4) is 0 Å². The summed E-state index contributed by atoms with van der Waals surface area (Å²) in [7, 11) is 0. The summed E-state index contributed by atoms with van der Waals surface area (Å²) in [5.74, 6) is -0.822. The average Bonchev–Trinajstić information content (AvgIpc) is 3.12. The van der Waals surface area contributed by atoms with E-state index in [1.165, 1.54) is 36.0 Å². The van der Waals surface area contributed by atoms with Crippen molar-refractivity contribution < 1.29 is 14.5 Å². The Kier molecular flexibility index (Phi) is 6.50. The van der Waals surface area contributed by atoms with Gasteiger partial charge in [-0.15, -0.1) is 0 Å². The number of carbonyl (C=O) groups excluding carboxylic acids is 2. The fraction of sp³-hybridized carbons (Fsp3) is 0.357. The number of amides is 2. The summed E-state index contributed by atoms with van der Waals surface area (Å²) in [4.78, 5) is 35.6. The molecule has 0 atom stereocenters. The predicted molar refractivity (Wildman–Crippen MR) is 94.6 cm³/mol. The van der Waals surface area contributed by atoms with Gasteiger partial charge in [0.1, 0.15) is 4.32 Å². The molecule has 1 aliphatic rings. The topological polar surface area (TPSA) is 105 Å². The van der Waals surface area contributed by atoms with E-state index in [2.05, 4.69) is 15.8 Å². The molecule has 2 N–H and O–H groups in total. The highest BCUT2D eigenvalue weighted by Crippen LogP contribution is 2.16. The van der Waals surface area contributed by atoms with E-state index < -0.39 is 10.8 Å². The fourth-order valence-electron chi connectivity index (χ4n) is 2.09. The number of nitro benzene ring substituents is 1. The zero-order chi connectivity index (χ0) is 17.5. The van der Waals surface area contributed by atoms with Gasteiger partial charge in [-0.2, -0.15) is 0 Å². The monoisotopic (exact) mass is 368 g/mol. The molecule has 0 aliphatic carbocycles. The van der Waals surface area contributed by atoms with Crippen LogP contribution in [0.4, 0.5) is 5.69 Å². The van der Waals surface area contributed by atoms with Gasteiger partial charge in [-0.25, -0.2) is 0 Å². The van der Waals surface area contributed by atoms with Gasteiger partial charge in [0, 0.05) is 30.8 Å². The molecule has 10 heteroatoms. The first kappa shape index (κ1) is 18.1. The zero-order valence-corrected chi connectivity index (χ0v) is 14.3.